The number of quaternary nitrogens is 1. The molecule has 0 saturated carbocycles. The summed E-state index contributed by atoms with van der Waals surface area (Å²) in [6, 6.07) is 0. The molecule has 11 heavy (non-hydrogen) atoms. The molecule has 3 heteroatoms. The summed E-state index contributed by atoms with van der Waals surface area (Å²) in [5, 5.41) is 3.14. The SMILES string of the molecule is CC[NH2+]NCCCCCNC. The van der Waals surface area contributed by atoms with Gasteiger partial charge in [-0.1, -0.05) is 6.42 Å². The predicted octanol–water partition coefficient (Wildman–Crippen LogP) is -0.536. The summed E-state index contributed by atoms with van der Waals surface area (Å²) in [5.74, 6) is 0. The fourth-order valence-electron chi connectivity index (χ4n) is 0.952. The van der Waals surface area contributed by atoms with Crippen molar-refractivity contribution in [1.82, 2.24) is 10.7 Å². The zero-order valence-electron chi connectivity index (χ0n) is 7.82. The highest BCUT2D eigenvalue weighted by molar-refractivity contribution is 4.44. The third-order valence-electron chi connectivity index (χ3n) is 1.60. The van der Waals surface area contributed by atoms with E-state index in [1.807, 2.05) is 7.05 Å². The Hall–Kier alpha value is -0.120. The van der Waals surface area contributed by atoms with Gasteiger partial charge in [0.1, 0.15) is 0 Å². The van der Waals surface area contributed by atoms with Crippen LogP contribution < -0.4 is 16.2 Å². The van der Waals surface area contributed by atoms with Crippen molar-refractivity contribution in [2.75, 3.05) is 26.7 Å². The summed E-state index contributed by atoms with van der Waals surface area (Å²) < 4.78 is 0. The molecule has 0 fully saturated rings. The average Bonchev–Trinajstić information content (AvgIpc) is 2.03. The van der Waals surface area contributed by atoms with Crippen molar-refractivity contribution in [3.05, 3.63) is 0 Å². The van der Waals surface area contributed by atoms with E-state index in [1.165, 1.54) is 19.3 Å². The molecule has 0 rings (SSSR count). The molecule has 0 aromatic rings. The predicted molar refractivity (Wildman–Crippen MR) is 48.2 cm³/mol. The molecule has 0 atom stereocenters. The number of nitrogens with two attached hydrogens (primary N) is 1. The first-order chi connectivity index (χ1) is 5.41. The summed E-state index contributed by atoms with van der Waals surface area (Å²) in [7, 11) is 2.00. The Bertz CT molecular complexity index is 58.4. The first-order valence-corrected chi connectivity index (χ1v) is 4.61. The maximum Gasteiger partial charge on any atom is 0.0901 e. The number of hydrogen-bond donors (Lipinski definition) is 3. The third kappa shape index (κ3) is 9.88. The van der Waals surface area contributed by atoms with Crippen LogP contribution in [0.2, 0.25) is 0 Å². The second-order valence-corrected chi connectivity index (χ2v) is 2.73. The van der Waals surface area contributed by atoms with Gasteiger partial charge in [-0.15, -0.1) is 0 Å². The number of unbranched alkanes of at least 4 members (excludes halogenated alkanes) is 2. The van der Waals surface area contributed by atoms with Crippen molar-refractivity contribution in [3.63, 3.8) is 0 Å². The minimum atomic E-state index is 1.12. The average molecular weight is 160 g/mol. The van der Waals surface area contributed by atoms with Crippen LogP contribution in [0.1, 0.15) is 26.2 Å². The Morgan fingerprint density at radius 3 is 2.45 bits per heavy atom. The zero-order valence-corrected chi connectivity index (χ0v) is 7.82. The number of nitrogens with one attached hydrogen (secondary N) is 2. The summed E-state index contributed by atoms with van der Waals surface area (Å²) >= 11 is 0. The van der Waals surface area contributed by atoms with E-state index in [-0.39, 0.29) is 0 Å². The van der Waals surface area contributed by atoms with Gasteiger partial charge in [0.25, 0.3) is 0 Å². The van der Waals surface area contributed by atoms with Crippen molar-refractivity contribution in [2.45, 2.75) is 26.2 Å². The Kier molecular flexibility index (Phi) is 9.77. The minimum Gasteiger partial charge on any atom is -0.320 e. The molecule has 0 aliphatic heterocycles. The lowest BCUT2D eigenvalue weighted by molar-refractivity contribution is -0.708. The molecule has 4 N–H and O–H groups in total. The zero-order chi connectivity index (χ0) is 8.36. The summed E-state index contributed by atoms with van der Waals surface area (Å²) in [6.07, 6.45) is 3.91. The molecular formula is C8H22N3+. The smallest absolute Gasteiger partial charge is 0.0901 e. The molecule has 0 aliphatic rings. The molecule has 0 unspecified atom stereocenters. The van der Waals surface area contributed by atoms with Gasteiger partial charge in [-0.2, -0.15) is 5.43 Å². The van der Waals surface area contributed by atoms with E-state index in [1.54, 1.807) is 0 Å². The lowest BCUT2D eigenvalue weighted by Crippen LogP contribution is -2.93. The lowest BCUT2D eigenvalue weighted by Gasteiger charge is -2.01. The van der Waals surface area contributed by atoms with Gasteiger partial charge in [-0.25, -0.2) is 0 Å². The third-order valence-corrected chi connectivity index (χ3v) is 1.60. The van der Waals surface area contributed by atoms with Crippen LogP contribution in [-0.4, -0.2) is 26.7 Å². The van der Waals surface area contributed by atoms with E-state index >= 15 is 0 Å². The van der Waals surface area contributed by atoms with Crippen LogP contribution in [0.5, 0.6) is 0 Å². The van der Waals surface area contributed by atoms with Gasteiger partial charge >= 0.3 is 0 Å². The van der Waals surface area contributed by atoms with Crippen molar-refractivity contribution in [3.8, 4) is 0 Å². The van der Waals surface area contributed by atoms with E-state index in [9.17, 15) is 0 Å². The number of hydrogen-bond acceptors (Lipinski definition) is 2. The van der Waals surface area contributed by atoms with E-state index in [0.717, 1.165) is 19.6 Å². The van der Waals surface area contributed by atoms with Crippen LogP contribution in [0.4, 0.5) is 0 Å². The highest BCUT2D eigenvalue weighted by Crippen LogP contribution is 1.90. The fourth-order valence-corrected chi connectivity index (χ4v) is 0.952. The van der Waals surface area contributed by atoms with Gasteiger partial charge in [0.05, 0.1) is 6.54 Å². The first-order valence-electron chi connectivity index (χ1n) is 4.61. The van der Waals surface area contributed by atoms with E-state index < -0.39 is 0 Å². The fraction of sp³-hybridized carbons (Fsp3) is 1.00. The number of rotatable bonds is 8. The van der Waals surface area contributed by atoms with Crippen LogP contribution in [0.25, 0.3) is 0 Å². The normalized spacial score (nSPS) is 10.4. The molecule has 0 spiro atoms. The highest BCUT2D eigenvalue weighted by Gasteiger charge is 1.88. The van der Waals surface area contributed by atoms with E-state index in [2.05, 4.69) is 23.1 Å². The largest absolute Gasteiger partial charge is 0.320 e. The highest BCUT2D eigenvalue weighted by atomic mass is 15.3. The first kappa shape index (κ1) is 10.9. The molecule has 0 saturated heterocycles. The molecule has 0 aromatic heterocycles. The topological polar surface area (TPSA) is 40.7 Å². The standard InChI is InChI=1S/C8H21N3/c1-3-10-11-8-6-4-5-7-9-2/h9-11H,3-8H2,1-2H3/p+1. The van der Waals surface area contributed by atoms with Crippen LogP contribution >= 0.6 is 0 Å². The van der Waals surface area contributed by atoms with Gasteiger partial charge < -0.3 is 5.32 Å². The van der Waals surface area contributed by atoms with Gasteiger partial charge in [0, 0.05) is 6.54 Å². The lowest BCUT2D eigenvalue weighted by atomic mass is 10.2. The monoisotopic (exact) mass is 160 g/mol. The van der Waals surface area contributed by atoms with Crippen molar-refractivity contribution in [1.29, 1.82) is 0 Å². The second-order valence-electron chi connectivity index (χ2n) is 2.73. The van der Waals surface area contributed by atoms with Gasteiger partial charge in [0.15, 0.2) is 0 Å². The molecule has 0 bridgehead atoms. The van der Waals surface area contributed by atoms with Crippen LogP contribution in [-0.2, 0) is 0 Å². The molecule has 0 amide bonds. The molecular weight excluding hydrogens is 138 g/mol. The molecule has 68 valence electrons. The Morgan fingerprint density at radius 1 is 1.09 bits per heavy atom. The van der Waals surface area contributed by atoms with Crippen molar-refractivity contribution in [2.24, 2.45) is 0 Å². The summed E-state index contributed by atoms with van der Waals surface area (Å²) in [6.45, 7) is 5.56. The molecule has 3 nitrogen and oxygen atoms in total. The quantitative estimate of drug-likeness (QED) is 0.254. The second kappa shape index (κ2) is 9.88. The van der Waals surface area contributed by atoms with Crippen molar-refractivity contribution >= 4 is 0 Å². The van der Waals surface area contributed by atoms with Crippen molar-refractivity contribution < 1.29 is 5.43 Å². The van der Waals surface area contributed by atoms with E-state index in [4.69, 9.17) is 0 Å². The van der Waals surface area contributed by atoms with Gasteiger partial charge in [0.2, 0.25) is 0 Å². The Labute approximate surface area is 69.9 Å². The summed E-state index contributed by atoms with van der Waals surface area (Å²) in [4.78, 5) is 0. The molecule has 0 radical (unpaired) electrons. The Balaban J connectivity index is 2.69. The van der Waals surface area contributed by atoms with E-state index in [0.29, 0.717) is 0 Å². The van der Waals surface area contributed by atoms with Crippen LogP contribution in [0.3, 0.4) is 0 Å². The maximum atomic E-state index is 3.27. The minimum absolute atomic E-state index is 1.12. The maximum absolute atomic E-state index is 3.27. The molecule has 0 aromatic carbocycles. The van der Waals surface area contributed by atoms with Gasteiger partial charge in [-0.3, -0.25) is 5.43 Å². The van der Waals surface area contributed by atoms with Crippen LogP contribution in [0.15, 0.2) is 0 Å². The Morgan fingerprint density at radius 2 is 1.82 bits per heavy atom. The molecule has 0 aliphatic carbocycles. The summed E-state index contributed by atoms with van der Waals surface area (Å²) in [5.41, 5.74) is 5.39. The van der Waals surface area contributed by atoms with Crippen LogP contribution in [0, 0.1) is 0 Å². The molecule has 0 heterocycles. The van der Waals surface area contributed by atoms with Gasteiger partial charge in [-0.05, 0) is 33.4 Å².